The van der Waals surface area contributed by atoms with Gasteiger partial charge in [-0.2, -0.15) is 8.42 Å². The van der Waals surface area contributed by atoms with Crippen molar-refractivity contribution in [2.24, 2.45) is 5.92 Å². The molecule has 0 heterocycles. The Morgan fingerprint density at radius 3 is 2.19 bits per heavy atom. The van der Waals surface area contributed by atoms with Gasteiger partial charge in [-0.25, -0.2) is 0 Å². The van der Waals surface area contributed by atoms with Gasteiger partial charge < -0.3 is 9.08 Å². The number of carbonyl (C=O) groups excluding carboxylic acids is 1. The van der Waals surface area contributed by atoms with Crippen molar-refractivity contribution >= 4 is 16.0 Å². The molecule has 148 valence electrons. The maximum atomic E-state index is 13.1. The number of unbranched alkanes of at least 4 members (excludes halogenated alkanes) is 1. The highest BCUT2D eigenvalue weighted by atomic mass is 32.2. The van der Waals surface area contributed by atoms with E-state index in [4.69, 9.17) is 4.18 Å². The molecule has 0 aromatic heterocycles. The van der Waals surface area contributed by atoms with Crippen LogP contribution in [0.15, 0.2) is 24.3 Å². The molecule has 5 nitrogen and oxygen atoms in total. The Balaban J connectivity index is 2.92. The van der Waals surface area contributed by atoms with Gasteiger partial charge in [0.15, 0.2) is 0 Å². The monoisotopic (exact) mass is 383 g/mol. The van der Waals surface area contributed by atoms with Gasteiger partial charge in [0.05, 0.1) is 6.26 Å². The van der Waals surface area contributed by atoms with E-state index in [-0.39, 0.29) is 23.6 Å². The van der Waals surface area contributed by atoms with Crippen LogP contribution >= 0.6 is 0 Å². The summed E-state index contributed by atoms with van der Waals surface area (Å²) in [7, 11) is -3.53. The second-order valence-electron chi connectivity index (χ2n) is 6.90. The first kappa shape index (κ1) is 22.5. The van der Waals surface area contributed by atoms with Gasteiger partial charge in [0, 0.05) is 18.5 Å². The van der Waals surface area contributed by atoms with E-state index in [2.05, 4.69) is 27.7 Å². The van der Waals surface area contributed by atoms with E-state index < -0.39 is 10.1 Å². The van der Waals surface area contributed by atoms with Crippen molar-refractivity contribution < 1.29 is 17.4 Å². The van der Waals surface area contributed by atoms with Gasteiger partial charge >= 0.3 is 10.1 Å². The topological polar surface area (TPSA) is 63.7 Å². The molecule has 26 heavy (non-hydrogen) atoms. The Bertz CT molecular complexity index is 655. The Kier molecular flexibility index (Phi) is 9.13. The molecule has 0 unspecified atom stereocenters. The Labute approximate surface area is 158 Å². The van der Waals surface area contributed by atoms with Crippen LogP contribution < -0.4 is 4.18 Å². The van der Waals surface area contributed by atoms with Gasteiger partial charge in [0.1, 0.15) is 5.75 Å². The number of hydrogen-bond acceptors (Lipinski definition) is 4. The maximum absolute atomic E-state index is 13.1. The molecule has 1 aromatic rings. The fourth-order valence-corrected chi connectivity index (χ4v) is 3.34. The number of rotatable bonds is 11. The van der Waals surface area contributed by atoms with Gasteiger partial charge in [0.25, 0.3) is 0 Å². The van der Waals surface area contributed by atoms with E-state index in [1.807, 2.05) is 17.0 Å². The number of nitrogens with zero attached hydrogens (tertiary/aromatic N) is 1. The van der Waals surface area contributed by atoms with Gasteiger partial charge in [-0.05, 0) is 43.9 Å². The summed E-state index contributed by atoms with van der Waals surface area (Å²) in [6, 6.07) is 7.05. The van der Waals surface area contributed by atoms with Crippen molar-refractivity contribution in [2.75, 3.05) is 6.26 Å². The zero-order chi connectivity index (χ0) is 19.7. The molecule has 0 aliphatic rings. The minimum Gasteiger partial charge on any atom is -0.383 e. The van der Waals surface area contributed by atoms with E-state index in [0.29, 0.717) is 6.54 Å². The molecule has 1 amide bonds. The summed E-state index contributed by atoms with van der Waals surface area (Å²) in [5.41, 5.74) is 0.963. The summed E-state index contributed by atoms with van der Waals surface area (Å²) < 4.78 is 27.3. The van der Waals surface area contributed by atoms with Crippen LogP contribution in [0.1, 0.15) is 65.4 Å². The molecule has 0 bridgehead atoms. The average Bonchev–Trinajstić information content (AvgIpc) is 2.59. The molecule has 0 aliphatic heterocycles. The summed E-state index contributed by atoms with van der Waals surface area (Å²) in [4.78, 5) is 15.0. The van der Waals surface area contributed by atoms with Crippen LogP contribution in [-0.2, 0) is 21.5 Å². The van der Waals surface area contributed by atoms with Crippen molar-refractivity contribution in [2.45, 2.75) is 72.4 Å². The van der Waals surface area contributed by atoms with Gasteiger partial charge in [-0.3, -0.25) is 4.79 Å². The van der Waals surface area contributed by atoms with Crippen molar-refractivity contribution in [3.05, 3.63) is 29.8 Å². The second kappa shape index (κ2) is 10.6. The zero-order valence-electron chi connectivity index (χ0n) is 16.7. The predicted molar refractivity (Wildman–Crippen MR) is 106 cm³/mol. The highest BCUT2D eigenvalue weighted by Crippen LogP contribution is 2.22. The second-order valence-corrected chi connectivity index (χ2v) is 8.48. The quantitative estimate of drug-likeness (QED) is 0.532. The summed E-state index contributed by atoms with van der Waals surface area (Å²) in [6.45, 7) is 8.90. The molecule has 0 fully saturated rings. The average molecular weight is 384 g/mol. The third kappa shape index (κ3) is 7.36. The van der Waals surface area contributed by atoms with Crippen LogP contribution in [0.4, 0.5) is 0 Å². The van der Waals surface area contributed by atoms with Gasteiger partial charge in [0.2, 0.25) is 5.91 Å². The van der Waals surface area contributed by atoms with E-state index in [1.165, 1.54) is 0 Å². The van der Waals surface area contributed by atoms with Crippen molar-refractivity contribution in [3.8, 4) is 5.75 Å². The SMILES string of the molecule is CCCC[C@@H](CC)C(=O)N(Cc1ccc(OS(C)(=O)=O)cc1)[C@@H](C)CC. The molecule has 0 aliphatic carbocycles. The number of amides is 1. The summed E-state index contributed by atoms with van der Waals surface area (Å²) in [5.74, 6) is 0.565. The molecule has 0 radical (unpaired) electrons. The van der Waals surface area contributed by atoms with Gasteiger partial charge in [-0.1, -0.05) is 45.7 Å². The molecule has 1 rings (SSSR count). The minimum atomic E-state index is -3.53. The fraction of sp³-hybridized carbons (Fsp3) is 0.650. The van der Waals surface area contributed by atoms with E-state index in [1.54, 1.807) is 12.1 Å². The van der Waals surface area contributed by atoms with Crippen LogP contribution in [0.5, 0.6) is 5.75 Å². The third-order valence-corrected chi connectivity index (χ3v) is 5.17. The lowest BCUT2D eigenvalue weighted by Gasteiger charge is -2.32. The largest absolute Gasteiger partial charge is 0.383 e. The standard InChI is InChI=1S/C20H33NO4S/c1-6-9-10-18(8-3)20(22)21(16(4)7-2)15-17-11-13-19(14-12-17)25-26(5,23)24/h11-14,16,18H,6-10,15H2,1-5H3/t16-,18+/m0/s1. The first-order chi connectivity index (χ1) is 12.2. The van der Waals surface area contributed by atoms with Crippen molar-refractivity contribution in [1.29, 1.82) is 0 Å². The Morgan fingerprint density at radius 2 is 1.73 bits per heavy atom. The fourth-order valence-electron chi connectivity index (χ4n) is 2.88. The predicted octanol–water partition coefficient (Wildman–Crippen LogP) is 4.37. The molecule has 0 saturated carbocycles. The first-order valence-electron chi connectivity index (χ1n) is 9.50. The van der Waals surface area contributed by atoms with Crippen LogP contribution in [0.2, 0.25) is 0 Å². The Morgan fingerprint density at radius 1 is 1.12 bits per heavy atom. The summed E-state index contributed by atoms with van der Waals surface area (Å²) in [6.07, 6.45) is 5.86. The number of benzene rings is 1. The molecule has 6 heteroatoms. The van der Waals surface area contributed by atoms with Crippen molar-refractivity contribution in [3.63, 3.8) is 0 Å². The zero-order valence-corrected chi connectivity index (χ0v) is 17.5. The van der Waals surface area contributed by atoms with E-state index >= 15 is 0 Å². The summed E-state index contributed by atoms with van der Waals surface area (Å²) >= 11 is 0. The third-order valence-electron chi connectivity index (χ3n) is 4.68. The van der Waals surface area contributed by atoms with Gasteiger partial charge in [-0.15, -0.1) is 0 Å². The highest BCUT2D eigenvalue weighted by molar-refractivity contribution is 7.86. The van der Waals surface area contributed by atoms with Crippen LogP contribution in [0.25, 0.3) is 0 Å². The number of carbonyl (C=O) groups is 1. The van der Waals surface area contributed by atoms with Crippen LogP contribution in [-0.4, -0.2) is 31.5 Å². The van der Waals surface area contributed by atoms with E-state index in [0.717, 1.165) is 43.9 Å². The molecule has 2 atom stereocenters. The maximum Gasteiger partial charge on any atom is 0.306 e. The molecular formula is C20H33NO4S. The van der Waals surface area contributed by atoms with E-state index in [9.17, 15) is 13.2 Å². The number of hydrogen-bond donors (Lipinski definition) is 0. The normalized spacial score (nSPS) is 13.9. The smallest absolute Gasteiger partial charge is 0.306 e. The lowest BCUT2D eigenvalue weighted by Crippen LogP contribution is -2.41. The highest BCUT2D eigenvalue weighted by Gasteiger charge is 2.25. The minimum absolute atomic E-state index is 0.0665. The molecular weight excluding hydrogens is 350 g/mol. The molecule has 0 saturated heterocycles. The summed E-state index contributed by atoms with van der Waals surface area (Å²) in [5, 5.41) is 0. The Hall–Kier alpha value is -1.56. The first-order valence-corrected chi connectivity index (χ1v) is 11.3. The molecule has 0 N–H and O–H groups in total. The van der Waals surface area contributed by atoms with Crippen LogP contribution in [0.3, 0.4) is 0 Å². The van der Waals surface area contributed by atoms with Crippen LogP contribution in [0, 0.1) is 5.92 Å². The molecule has 1 aromatic carbocycles. The van der Waals surface area contributed by atoms with Crippen molar-refractivity contribution in [1.82, 2.24) is 4.90 Å². The molecule has 0 spiro atoms. The lowest BCUT2D eigenvalue weighted by molar-refractivity contribution is -0.138. The lowest BCUT2D eigenvalue weighted by atomic mass is 9.96.